The van der Waals surface area contributed by atoms with Gasteiger partial charge in [0.25, 0.3) is 5.91 Å². The molecule has 3 heteroatoms. The lowest BCUT2D eigenvalue weighted by molar-refractivity contribution is 0.102. The number of nitrogens with one attached hydrogen (secondary N) is 1. The van der Waals surface area contributed by atoms with Gasteiger partial charge in [0.2, 0.25) is 0 Å². The van der Waals surface area contributed by atoms with Crippen LogP contribution in [0.15, 0.2) is 29.6 Å². The number of carbonyl (C=O) groups excluding carboxylic acids is 1. The molecule has 20 heavy (non-hydrogen) atoms. The van der Waals surface area contributed by atoms with Crippen LogP contribution in [0.1, 0.15) is 45.6 Å². The number of hydrogen-bond donors (Lipinski definition) is 1. The molecule has 0 spiro atoms. The van der Waals surface area contributed by atoms with Crippen molar-refractivity contribution in [3.63, 3.8) is 0 Å². The maximum Gasteiger partial charge on any atom is 0.256 e. The van der Waals surface area contributed by atoms with E-state index in [1.807, 2.05) is 36.6 Å². The summed E-state index contributed by atoms with van der Waals surface area (Å²) >= 11 is 1.75. The number of para-hydroxylation sites is 1. The fourth-order valence-electron chi connectivity index (χ4n) is 2.76. The minimum Gasteiger partial charge on any atom is -0.322 e. The van der Waals surface area contributed by atoms with Gasteiger partial charge < -0.3 is 5.32 Å². The van der Waals surface area contributed by atoms with E-state index in [1.165, 1.54) is 29.7 Å². The molecule has 2 nitrogen and oxygen atoms in total. The number of hydrogen-bond acceptors (Lipinski definition) is 2. The molecule has 0 fully saturated rings. The van der Waals surface area contributed by atoms with Gasteiger partial charge in [-0.05, 0) is 49.8 Å². The fourth-order valence-corrected chi connectivity index (χ4v) is 3.89. The van der Waals surface area contributed by atoms with Gasteiger partial charge in [-0.25, -0.2) is 0 Å². The van der Waals surface area contributed by atoms with Crippen LogP contribution in [0, 0.1) is 6.92 Å². The van der Waals surface area contributed by atoms with Crippen LogP contribution in [0.3, 0.4) is 0 Å². The van der Waals surface area contributed by atoms with Gasteiger partial charge in [-0.3, -0.25) is 4.79 Å². The molecule has 1 aliphatic rings. The van der Waals surface area contributed by atoms with Gasteiger partial charge in [0, 0.05) is 15.9 Å². The summed E-state index contributed by atoms with van der Waals surface area (Å²) in [6.07, 6.45) is 5.92. The summed E-state index contributed by atoms with van der Waals surface area (Å²) in [7, 11) is 0. The molecule has 0 atom stereocenters. The van der Waals surface area contributed by atoms with Crippen LogP contribution in [0.25, 0.3) is 0 Å². The predicted octanol–water partition coefficient (Wildman–Crippen LogP) is 4.58. The molecule has 1 N–H and O–H groups in total. The van der Waals surface area contributed by atoms with Gasteiger partial charge >= 0.3 is 0 Å². The number of thiophene rings is 1. The fraction of sp³-hybridized carbons (Fsp3) is 0.353. The molecule has 1 heterocycles. The highest BCUT2D eigenvalue weighted by Crippen LogP contribution is 2.30. The van der Waals surface area contributed by atoms with Crippen LogP contribution < -0.4 is 5.32 Å². The Morgan fingerprint density at radius 3 is 2.80 bits per heavy atom. The van der Waals surface area contributed by atoms with E-state index in [4.69, 9.17) is 0 Å². The lowest BCUT2D eigenvalue weighted by Crippen LogP contribution is -2.14. The molecule has 0 saturated carbocycles. The van der Waals surface area contributed by atoms with Crippen molar-refractivity contribution in [2.45, 2.75) is 39.0 Å². The molecule has 1 aliphatic carbocycles. The summed E-state index contributed by atoms with van der Waals surface area (Å²) in [6.45, 7) is 2.02. The zero-order chi connectivity index (χ0) is 13.9. The van der Waals surface area contributed by atoms with Crippen LogP contribution >= 0.6 is 11.3 Å². The summed E-state index contributed by atoms with van der Waals surface area (Å²) in [5, 5.41) is 5.08. The van der Waals surface area contributed by atoms with Crippen LogP contribution in [-0.4, -0.2) is 5.91 Å². The molecule has 1 amide bonds. The van der Waals surface area contributed by atoms with Crippen molar-refractivity contribution in [2.75, 3.05) is 5.32 Å². The number of amides is 1. The van der Waals surface area contributed by atoms with Crippen molar-refractivity contribution in [1.29, 1.82) is 0 Å². The van der Waals surface area contributed by atoms with Crippen LogP contribution in [-0.2, 0) is 12.8 Å². The molecule has 0 radical (unpaired) electrons. The van der Waals surface area contributed by atoms with E-state index < -0.39 is 0 Å². The molecule has 1 aromatic carbocycles. The monoisotopic (exact) mass is 285 g/mol. The second-order valence-corrected chi connectivity index (χ2v) is 6.35. The molecule has 104 valence electrons. The molecule has 2 aromatic rings. The highest BCUT2D eigenvalue weighted by Gasteiger charge is 2.19. The third-order valence-corrected chi connectivity index (χ3v) is 5.04. The number of benzene rings is 1. The first kappa shape index (κ1) is 13.4. The average Bonchev–Trinajstić information content (AvgIpc) is 2.71. The van der Waals surface area contributed by atoms with Gasteiger partial charge in [0.15, 0.2) is 0 Å². The smallest absolute Gasteiger partial charge is 0.256 e. The first-order valence-electron chi connectivity index (χ1n) is 7.22. The van der Waals surface area contributed by atoms with Gasteiger partial charge in [0.1, 0.15) is 0 Å². The Kier molecular flexibility index (Phi) is 3.88. The molecule has 0 bridgehead atoms. The van der Waals surface area contributed by atoms with E-state index in [1.54, 1.807) is 11.3 Å². The number of rotatable bonds is 2. The Bertz CT molecular complexity index is 630. The first-order chi connectivity index (χ1) is 9.75. The molecular weight excluding hydrogens is 266 g/mol. The third kappa shape index (κ3) is 2.63. The van der Waals surface area contributed by atoms with E-state index in [0.717, 1.165) is 29.7 Å². The van der Waals surface area contributed by atoms with E-state index in [-0.39, 0.29) is 5.91 Å². The van der Waals surface area contributed by atoms with Crippen molar-refractivity contribution < 1.29 is 4.79 Å². The Balaban J connectivity index is 1.85. The minimum atomic E-state index is 0.0405. The second kappa shape index (κ2) is 5.80. The zero-order valence-electron chi connectivity index (χ0n) is 11.7. The summed E-state index contributed by atoms with van der Waals surface area (Å²) in [6, 6.07) is 7.92. The first-order valence-corrected chi connectivity index (χ1v) is 8.10. The highest BCUT2D eigenvalue weighted by atomic mass is 32.1. The Labute approximate surface area is 123 Å². The van der Waals surface area contributed by atoms with Crippen molar-refractivity contribution in [2.24, 2.45) is 0 Å². The lowest BCUT2D eigenvalue weighted by atomic mass is 10.1. The number of carbonyl (C=O) groups is 1. The second-order valence-electron chi connectivity index (χ2n) is 5.38. The predicted molar refractivity (Wildman–Crippen MR) is 84.7 cm³/mol. The average molecular weight is 285 g/mol. The largest absolute Gasteiger partial charge is 0.322 e. The zero-order valence-corrected chi connectivity index (χ0v) is 12.6. The van der Waals surface area contributed by atoms with E-state index in [9.17, 15) is 4.79 Å². The number of anilines is 1. The summed E-state index contributed by atoms with van der Waals surface area (Å²) in [5.74, 6) is 0.0405. The summed E-state index contributed by atoms with van der Waals surface area (Å²) in [5.41, 5.74) is 4.18. The van der Waals surface area contributed by atoms with Crippen molar-refractivity contribution in [1.82, 2.24) is 0 Å². The minimum absolute atomic E-state index is 0.0405. The van der Waals surface area contributed by atoms with Gasteiger partial charge in [-0.15, -0.1) is 11.3 Å². The van der Waals surface area contributed by atoms with Gasteiger partial charge in [-0.1, -0.05) is 24.6 Å². The maximum absolute atomic E-state index is 12.5. The lowest BCUT2D eigenvalue weighted by Gasteiger charge is -2.09. The summed E-state index contributed by atoms with van der Waals surface area (Å²) < 4.78 is 0. The quantitative estimate of drug-likeness (QED) is 0.804. The van der Waals surface area contributed by atoms with Crippen LogP contribution in [0.2, 0.25) is 0 Å². The molecule has 1 aromatic heterocycles. The molecule has 0 saturated heterocycles. The SMILES string of the molecule is Cc1ccccc1NC(=O)c1csc2c1CCCCC2. The Morgan fingerprint density at radius 2 is 1.95 bits per heavy atom. The topological polar surface area (TPSA) is 29.1 Å². The van der Waals surface area contributed by atoms with E-state index >= 15 is 0 Å². The normalized spacial score (nSPS) is 14.4. The van der Waals surface area contributed by atoms with Crippen molar-refractivity contribution >= 4 is 22.9 Å². The van der Waals surface area contributed by atoms with Crippen molar-refractivity contribution in [3.05, 3.63) is 51.2 Å². The maximum atomic E-state index is 12.5. The van der Waals surface area contributed by atoms with E-state index in [0.29, 0.717) is 0 Å². The highest BCUT2D eigenvalue weighted by molar-refractivity contribution is 7.10. The standard InChI is InChI=1S/C17H19NOS/c1-12-7-5-6-9-15(12)18-17(19)14-11-20-16-10-4-2-3-8-13(14)16/h5-7,9,11H,2-4,8,10H2,1H3,(H,18,19). The molecule has 0 unspecified atom stereocenters. The Hall–Kier alpha value is -1.61. The molecule has 3 rings (SSSR count). The van der Waals surface area contributed by atoms with Crippen LogP contribution in [0.4, 0.5) is 5.69 Å². The molecule has 0 aliphatic heterocycles. The third-order valence-electron chi connectivity index (χ3n) is 3.95. The molecular formula is C17H19NOS. The van der Waals surface area contributed by atoms with Gasteiger partial charge in [0.05, 0.1) is 5.56 Å². The number of fused-ring (bicyclic) bond motifs is 1. The summed E-state index contributed by atoms with van der Waals surface area (Å²) in [4.78, 5) is 13.9. The van der Waals surface area contributed by atoms with Crippen LogP contribution in [0.5, 0.6) is 0 Å². The number of aryl methyl sites for hydroxylation is 2. The Morgan fingerprint density at radius 1 is 1.15 bits per heavy atom. The van der Waals surface area contributed by atoms with E-state index in [2.05, 4.69) is 5.32 Å². The van der Waals surface area contributed by atoms with Gasteiger partial charge in [-0.2, -0.15) is 0 Å². The van der Waals surface area contributed by atoms with Crippen molar-refractivity contribution in [3.8, 4) is 0 Å².